The number of carbonyl (C=O) groups is 1. The third-order valence-electron chi connectivity index (χ3n) is 2.78. The summed E-state index contributed by atoms with van der Waals surface area (Å²) in [5.74, 6) is -0.926. The minimum atomic E-state index is -0.602. The van der Waals surface area contributed by atoms with Crippen LogP contribution in [-0.2, 0) is 6.42 Å². The van der Waals surface area contributed by atoms with Gasteiger partial charge in [0.15, 0.2) is 5.78 Å². The summed E-state index contributed by atoms with van der Waals surface area (Å²) >= 11 is 17.4. The van der Waals surface area contributed by atoms with E-state index >= 15 is 0 Å². The zero-order valence-electron chi connectivity index (χ0n) is 10.1. The maximum Gasteiger partial charge on any atom is 0.167 e. The molecule has 2 aromatic carbocycles. The van der Waals surface area contributed by atoms with Gasteiger partial charge in [-0.05, 0) is 23.8 Å². The summed E-state index contributed by atoms with van der Waals surface area (Å²) in [4.78, 5) is 12.1. The van der Waals surface area contributed by atoms with E-state index in [1.165, 1.54) is 24.3 Å². The Morgan fingerprint density at radius 1 is 1.10 bits per heavy atom. The number of halogens is 4. The zero-order chi connectivity index (χ0) is 14.9. The van der Waals surface area contributed by atoms with Gasteiger partial charge in [0.2, 0.25) is 0 Å². The first-order chi connectivity index (χ1) is 9.40. The molecule has 0 saturated heterocycles. The van der Waals surface area contributed by atoms with Crippen LogP contribution in [-0.4, -0.2) is 5.78 Å². The Morgan fingerprint density at radius 3 is 2.30 bits per heavy atom. The highest BCUT2D eigenvalue weighted by Gasteiger charge is 2.15. The number of Topliss-reactive ketones (excluding diaryl/α,β-unsaturated/α-hetero) is 1. The molecule has 0 heterocycles. The molecule has 0 aromatic heterocycles. The van der Waals surface area contributed by atoms with Gasteiger partial charge in [-0.1, -0.05) is 46.9 Å². The topological polar surface area (TPSA) is 43.1 Å². The molecule has 0 spiro atoms. The van der Waals surface area contributed by atoms with Gasteiger partial charge in [-0.15, -0.1) is 0 Å². The number of ketones is 1. The van der Waals surface area contributed by atoms with Crippen molar-refractivity contribution >= 4 is 46.3 Å². The number of nitrogens with two attached hydrogens (primary N) is 1. The van der Waals surface area contributed by atoms with Crippen molar-refractivity contribution in [2.45, 2.75) is 6.42 Å². The minimum absolute atomic E-state index is 0.0244. The molecule has 2 nitrogen and oxygen atoms in total. The van der Waals surface area contributed by atoms with Gasteiger partial charge in [0, 0.05) is 12.0 Å². The predicted octanol–water partition coefficient (Wildman–Crippen LogP) is 4.79. The van der Waals surface area contributed by atoms with Crippen LogP contribution in [0.2, 0.25) is 15.1 Å². The van der Waals surface area contributed by atoms with Crippen LogP contribution in [0, 0.1) is 5.82 Å². The average molecular weight is 333 g/mol. The van der Waals surface area contributed by atoms with Crippen molar-refractivity contribution in [2.24, 2.45) is 0 Å². The SMILES string of the molecule is Nc1c(Cl)cc(C(=O)Cc2cccc(Cl)c2F)cc1Cl. The van der Waals surface area contributed by atoms with E-state index in [-0.39, 0.29) is 44.1 Å². The van der Waals surface area contributed by atoms with E-state index < -0.39 is 5.82 Å². The highest BCUT2D eigenvalue weighted by Crippen LogP contribution is 2.29. The monoisotopic (exact) mass is 331 g/mol. The first-order valence-electron chi connectivity index (χ1n) is 5.60. The molecule has 0 saturated carbocycles. The molecule has 0 aliphatic carbocycles. The quantitative estimate of drug-likeness (QED) is 0.648. The predicted molar refractivity (Wildman–Crippen MR) is 80.3 cm³/mol. The van der Waals surface area contributed by atoms with Crippen LogP contribution in [0.1, 0.15) is 15.9 Å². The normalized spacial score (nSPS) is 10.6. The molecule has 0 amide bonds. The van der Waals surface area contributed by atoms with Crippen molar-refractivity contribution in [1.29, 1.82) is 0 Å². The Labute approximate surface area is 130 Å². The van der Waals surface area contributed by atoms with Crippen molar-refractivity contribution in [3.05, 3.63) is 62.3 Å². The lowest BCUT2D eigenvalue weighted by Crippen LogP contribution is -2.06. The van der Waals surface area contributed by atoms with E-state index in [9.17, 15) is 9.18 Å². The molecule has 0 atom stereocenters. The van der Waals surface area contributed by atoms with E-state index in [4.69, 9.17) is 40.5 Å². The second-order valence-corrected chi connectivity index (χ2v) is 5.39. The van der Waals surface area contributed by atoms with Crippen molar-refractivity contribution in [2.75, 3.05) is 5.73 Å². The zero-order valence-corrected chi connectivity index (χ0v) is 12.4. The van der Waals surface area contributed by atoms with Crippen LogP contribution in [0.5, 0.6) is 0 Å². The number of carbonyl (C=O) groups excluding carboxylic acids is 1. The van der Waals surface area contributed by atoms with Gasteiger partial charge in [0.05, 0.1) is 20.8 Å². The van der Waals surface area contributed by atoms with Gasteiger partial charge in [-0.2, -0.15) is 0 Å². The molecule has 0 aliphatic rings. The minimum Gasteiger partial charge on any atom is -0.396 e. The summed E-state index contributed by atoms with van der Waals surface area (Å²) in [5, 5.41) is 0.350. The highest BCUT2D eigenvalue weighted by atomic mass is 35.5. The number of rotatable bonds is 3. The van der Waals surface area contributed by atoms with Crippen molar-refractivity contribution in [3.63, 3.8) is 0 Å². The molecule has 20 heavy (non-hydrogen) atoms. The molecule has 0 aliphatic heterocycles. The molecule has 0 fully saturated rings. The molecule has 2 aromatic rings. The number of benzene rings is 2. The smallest absolute Gasteiger partial charge is 0.167 e. The first-order valence-corrected chi connectivity index (χ1v) is 6.74. The Kier molecular flexibility index (Phi) is 4.53. The van der Waals surface area contributed by atoms with E-state index in [1.807, 2.05) is 0 Å². The molecular formula is C14H9Cl3FNO. The molecule has 0 unspecified atom stereocenters. The fourth-order valence-electron chi connectivity index (χ4n) is 1.71. The maximum atomic E-state index is 13.7. The van der Waals surface area contributed by atoms with Crippen LogP contribution in [0.25, 0.3) is 0 Å². The van der Waals surface area contributed by atoms with Crippen molar-refractivity contribution in [1.82, 2.24) is 0 Å². The Morgan fingerprint density at radius 2 is 1.70 bits per heavy atom. The molecule has 0 bridgehead atoms. The number of hydrogen-bond donors (Lipinski definition) is 1. The lowest BCUT2D eigenvalue weighted by Gasteiger charge is -2.07. The number of hydrogen-bond acceptors (Lipinski definition) is 2. The van der Waals surface area contributed by atoms with Crippen LogP contribution in [0.3, 0.4) is 0 Å². The lowest BCUT2D eigenvalue weighted by atomic mass is 10.0. The van der Waals surface area contributed by atoms with Gasteiger partial charge < -0.3 is 5.73 Å². The molecule has 2 rings (SSSR count). The number of nitrogen functional groups attached to an aromatic ring is 1. The van der Waals surface area contributed by atoms with Crippen LogP contribution in [0.4, 0.5) is 10.1 Å². The second-order valence-electron chi connectivity index (χ2n) is 4.17. The van der Waals surface area contributed by atoms with E-state index in [0.717, 1.165) is 0 Å². The molecular weight excluding hydrogens is 324 g/mol. The standard InChI is InChI=1S/C14H9Cl3FNO/c15-9-3-1-2-7(13(9)18)6-12(20)8-4-10(16)14(19)11(17)5-8/h1-5H,6,19H2. The molecule has 0 radical (unpaired) electrons. The van der Waals surface area contributed by atoms with E-state index in [2.05, 4.69) is 0 Å². The summed E-state index contributed by atoms with van der Waals surface area (Å²) in [6.45, 7) is 0. The van der Waals surface area contributed by atoms with Crippen molar-refractivity contribution < 1.29 is 9.18 Å². The largest absolute Gasteiger partial charge is 0.396 e. The first kappa shape index (κ1) is 15.1. The Hall–Kier alpha value is -1.29. The van der Waals surface area contributed by atoms with E-state index in [0.29, 0.717) is 0 Å². The fraction of sp³-hybridized carbons (Fsp3) is 0.0714. The molecule has 104 valence electrons. The van der Waals surface area contributed by atoms with Crippen LogP contribution in [0.15, 0.2) is 30.3 Å². The summed E-state index contributed by atoms with van der Waals surface area (Å²) < 4.78 is 13.7. The van der Waals surface area contributed by atoms with Crippen LogP contribution < -0.4 is 5.73 Å². The van der Waals surface area contributed by atoms with Gasteiger partial charge in [0.1, 0.15) is 5.82 Å². The van der Waals surface area contributed by atoms with Crippen molar-refractivity contribution in [3.8, 4) is 0 Å². The second kappa shape index (κ2) is 6.00. The maximum absolute atomic E-state index is 13.7. The van der Waals surface area contributed by atoms with Gasteiger partial charge in [-0.3, -0.25) is 4.79 Å². The van der Waals surface area contributed by atoms with Gasteiger partial charge >= 0.3 is 0 Å². The third-order valence-corrected chi connectivity index (χ3v) is 3.70. The fourth-order valence-corrected chi connectivity index (χ4v) is 2.39. The highest BCUT2D eigenvalue weighted by molar-refractivity contribution is 6.39. The summed E-state index contributed by atoms with van der Waals surface area (Å²) in [5.41, 5.74) is 6.29. The Balaban J connectivity index is 2.31. The summed E-state index contributed by atoms with van der Waals surface area (Å²) in [6.07, 6.45) is -0.136. The molecule has 6 heteroatoms. The van der Waals surface area contributed by atoms with Gasteiger partial charge in [0.25, 0.3) is 0 Å². The van der Waals surface area contributed by atoms with Gasteiger partial charge in [-0.25, -0.2) is 4.39 Å². The summed E-state index contributed by atoms with van der Waals surface area (Å²) in [6, 6.07) is 7.32. The van der Waals surface area contributed by atoms with Crippen LogP contribution >= 0.6 is 34.8 Å². The third kappa shape index (κ3) is 3.06. The lowest BCUT2D eigenvalue weighted by molar-refractivity contribution is 0.0992. The van der Waals surface area contributed by atoms with E-state index in [1.54, 1.807) is 6.07 Å². The molecule has 2 N–H and O–H groups in total. The Bertz CT molecular complexity index is 665. The average Bonchev–Trinajstić information content (AvgIpc) is 2.40. The summed E-state index contributed by atoms with van der Waals surface area (Å²) in [7, 11) is 0. The number of anilines is 1.